The topological polar surface area (TPSA) is 12.5 Å². The SMILES string of the molecule is CC(C)(C)c1ccc(N(c2ccc3c(c2)C2(c4ccccc4Oc4ccccc42)c2ccccc2-3)c2cc(-c3ccccc3)cc(Cl)c2Cl)cc1. The molecule has 2 aliphatic rings. The summed E-state index contributed by atoms with van der Waals surface area (Å²) in [7, 11) is 0. The second-order valence-electron chi connectivity index (χ2n) is 14.4. The summed E-state index contributed by atoms with van der Waals surface area (Å²) in [5.41, 5.74) is 12.6. The van der Waals surface area contributed by atoms with Crippen LogP contribution in [0.15, 0.2) is 158 Å². The lowest BCUT2D eigenvalue weighted by atomic mass is 9.66. The molecule has 1 spiro atoms. The predicted octanol–water partition coefficient (Wildman–Crippen LogP) is 13.9. The van der Waals surface area contributed by atoms with Gasteiger partial charge in [0.15, 0.2) is 0 Å². The third kappa shape index (κ3) is 4.93. The Balaban J connectivity index is 1.34. The summed E-state index contributed by atoms with van der Waals surface area (Å²) < 4.78 is 6.59. The molecule has 0 saturated carbocycles. The van der Waals surface area contributed by atoms with E-state index in [9.17, 15) is 0 Å². The van der Waals surface area contributed by atoms with E-state index in [4.69, 9.17) is 27.9 Å². The third-order valence-electron chi connectivity index (χ3n) is 10.4. The summed E-state index contributed by atoms with van der Waals surface area (Å²) in [6, 6.07) is 55.8. The number of fused-ring (bicyclic) bond motifs is 9. The second kappa shape index (κ2) is 11.9. The largest absolute Gasteiger partial charge is 0.457 e. The van der Waals surface area contributed by atoms with Gasteiger partial charge in [-0.1, -0.05) is 153 Å². The first-order valence-corrected chi connectivity index (χ1v) is 18.1. The van der Waals surface area contributed by atoms with Gasteiger partial charge >= 0.3 is 0 Å². The molecule has 4 heteroatoms. The van der Waals surface area contributed by atoms with Gasteiger partial charge in [0, 0.05) is 22.5 Å². The first kappa shape index (κ1) is 31.7. The van der Waals surface area contributed by atoms with Gasteiger partial charge in [0.1, 0.15) is 11.5 Å². The molecule has 0 amide bonds. The average molecular weight is 701 g/mol. The van der Waals surface area contributed by atoms with Gasteiger partial charge in [-0.15, -0.1) is 0 Å². The van der Waals surface area contributed by atoms with E-state index in [0.717, 1.165) is 50.8 Å². The Morgan fingerprint density at radius 1 is 0.510 bits per heavy atom. The van der Waals surface area contributed by atoms with Crippen molar-refractivity contribution in [3.8, 4) is 33.8 Å². The van der Waals surface area contributed by atoms with Gasteiger partial charge in [0.25, 0.3) is 0 Å². The Labute approximate surface area is 309 Å². The molecular weight excluding hydrogens is 665 g/mol. The van der Waals surface area contributed by atoms with Gasteiger partial charge in [-0.2, -0.15) is 0 Å². The molecule has 0 bridgehead atoms. The average Bonchev–Trinajstić information content (AvgIpc) is 3.44. The van der Waals surface area contributed by atoms with Crippen molar-refractivity contribution in [1.82, 2.24) is 0 Å². The molecule has 0 N–H and O–H groups in total. The van der Waals surface area contributed by atoms with Gasteiger partial charge < -0.3 is 9.64 Å². The molecule has 0 radical (unpaired) electrons. The molecule has 0 fully saturated rings. The zero-order valence-corrected chi connectivity index (χ0v) is 30.1. The van der Waals surface area contributed by atoms with Crippen LogP contribution in [0.3, 0.4) is 0 Å². The molecule has 51 heavy (non-hydrogen) atoms. The van der Waals surface area contributed by atoms with Crippen molar-refractivity contribution >= 4 is 40.3 Å². The number of hydrogen-bond donors (Lipinski definition) is 0. The molecule has 248 valence electrons. The molecule has 1 aliphatic heterocycles. The fraction of sp³-hybridized carbons (Fsp3) is 0.106. The van der Waals surface area contributed by atoms with Crippen LogP contribution in [0, 0.1) is 0 Å². The minimum Gasteiger partial charge on any atom is -0.457 e. The van der Waals surface area contributed by atoms with Crippen LogP contribution in [-0.2, 0) is 10.8 Å². The van der Waals surface area contributed by atoms with Crippen molar-refractivity contribution in [1.29, 1.82) is 0 Å². The number of nitrogens with zero attached hydrogens (tertiary/aromatic N) is 1. The molecule has 1 aliphatic carbocycles. The summed E-state index contributed by atoms with van der Waals surface area (Å²) in [6.45, 7) is 6.71. The second-order valence-corrected chi connectivity index (χ2v) is 15.2. The van der Waals surface area contributed by atoms with Crippen LogP contribution in [0.25, 0.3) is 22.3 Å². The number of para-hydroxylation sites is 2. The standard InChI is InChI=1S/C47H35Cl2NO/c1-46(2,3)32-21-23-33(24-22-32)50(42-28-31(27-41(48)45(42)49)30-13-5-4-6-14-30)34-25-26-36-35-15-7-8-16-37(35)47(40(36)29-34)38-17-9-11-19-43(38)51-44-20-12-10-18-39(44)47/h4-29H,1-3H3. The highest BCUT2D eigenvalue weighted by molar-refractivity contribution is 6.44. The van der Waals surface area contributed by atoms with Crippen LogP contribution in [0.5, 0.6) is 11.5 Å². The van der Waals surface area contributed by atoms with E-state index in [-0.39, 0.29) is 5.41 Å². The number of ether oxygens (including phenoxy) is 1. The smallest absolute Gasteiger partial charge is 0.132 e. The molecule has 7 aromatic rings. The van der Waals surface area contributed by atoms with Crippen molar-refractivity contribution in [3.05, 3.63) is 196 Å². The van der Waals surface area contributed by atoms with Gasteiger partial charge in [-0.05, 0) is 92.9 Å². The molecule has 9 rings (SSSR count). The normalized spacial score (nSPS) is 13.5. The maximum absolute atomic E-state index is 7.23. The minimum absolute atomic E-state index is 0.00705. The maximum atomic E-state index is 7.23. The van der Waals surface area contributed by atoms with Crippen LogP contribution in [0.4, 0.5) is 17.1 Å². The van der Waals surface area contributed by atoms with Crippen LogP contribution in [0.1, 0.15) is 48.6 Å². The molecule has 7 aromatic carbocycles. The Morgan fingerprint density at radius 2 is 1.08 bits per heavy atom. The van der Waals surface area contributed by atoms with Crippen molar-refractivity contribution < 1.29 is 4.74 Å². The van der Waals surface area contributed by atoms with E-state index < -0.39 is 5.41 Å². The lowest BCUT2D eigenvalue weighted by molar-refractivity contribution is 0.436. The van der Waals surface area contributed by atoms with E-state index in [2.05, 4.69) is 147 Å². The fourth-order valence-corrected chi connectivity index (χ4v) is 8.46. The highest BCUT2D eigenvalue weighted by Crippen LogP contribution is 2.62. The first-order valence-electron chi connectivity index (χ1n) is 17.3. The summed E-state index contributed by atoms with van der Waals surface area (Å²) >= 11 is 14.2. The maximum Gasteiger partial charge on any atom is 0.132 e. The van der Waals surface area contributed by atoms with E-state index in [1.165, 1.54) is 27.8 Å². The fourth-order valence-electron chi connectivity index (χ4n) is 8.05. The van der Waals surface area contributed by atoms with Crippen molar-refractivity contribution in [3.63, 3.8) is 0 Å². The summed E-state index contributed by atoms with van der Waals surface area (Å²) in [5, 5.41) is 0.998. The van der Waals surface area contributed by atoms with Crippen LogP contribution in [-0.4, -0.2) is 0 Å². The van der Waals surface area contributed by atoms with Crippen molar-refractivity contribution in [2.24, 2.45) is 0 Å². The Bertz CT molecular complexity index is 2420. The van der Waals surface area contributed by atoms with Gasteiger partial charge in [-0.25, -0.2) is 0 Å². The minimum atomic E-state index is -0.595. The molecule has 2 nitrogen and oxygen atoms in total. The number of halogens is 2. The van der Waals surface area contributed by atoms with Crippen LogP contribution in [0.2, 0.25) is 10.0 Å². The molecule has 0 aromatic heterocycles. The quantitative estimate of drug-likeness (QED) is 0.181. The lowest BCUT2D eigenvalue weighted by Gasteiger charge is -2.39. The van der Waals surface area contributed by atoms with E-state index in [1.54, 1.807) is 0 Å². The summed E-state index contributed by atoms with van der Waals surface area (Å²) in [6.07, 6.45) is 0. The summed E-state index contributed by atoms with van der Waals surface area (Å²) in [4.78, 5) is 2.25. The van der Waals surface area contributed by atoms with Gasteiger partial charge in [-0.3, -0.25) is 0 Å². The number of hydrogen-bond acceptors (Lipinski definition) is 2. The molecule has 1 heterocycles. The Morgan fingerprint density at radius 3 is 1.75 bits per heavy atom. The zero-order chi connectivity index (χ0) is 34.9. The van der Waals surface area contributed by atoms with Gasteiger partial charge in [0.05, 0.1) is 21.1 Å². The molecular formula is C47H35Cl2NO. The first-order chi connectivity index (χ1) is 24.7. The Kier molecular flexibility index (Phi) is 7.40. The lowest BCUT2D eigenvalue weighted by Crippen LogP contribution is -2.32. The molecule has 0 unspecified atom stereocenters. The number of benzene rings is 7. The predicted molar refractivity (Wildman–Crippen MR) is 213 cm³/mol. The Hall–Kier alpha value is -5.28. The van der Waals surface area contributed by atoms with Gasteiger partial charge in [0.2, 0.25) is 0 Å². The highest BCUT2D eigenvalue weighted by Gasteiger charge is 2.51. The molecule has 0 atom stereocenters. The van der Waals surface area contributed by atoms with E-state index >= 15 is 0 Å². The van der Waals surface area contributed by atoms with Crippen molar-refractivity contribution in [2.75, 3.05) is 4.90 Å². The van der Waals surface area contributed by atoms with E-state index in [1.807, 2.05) is 36.4 Å². The van der Waals surface area contributed by atoms with Crippen LogP contribution < -0.4 is 9.64 Å². The van der Waals surface area contributed by atoms with Crippen molar-refractivity contribution in [2.45, 2.75) is 31.6 Å². The monoisotopic (exact) mass is 699 g/mol. The van der Waals surface area contributed by atoms with Crippen LogP contribution >= 0.6 is 23.2 Å². The summed E-state index contributed by atoms with van der Waals surface area (Å²) in [5.74, 6) is 1.73. The number of anilines is 3. The zero-order valence-electron chi connectivity index (χ0n) is 28.6. The molecule has 0 saturated heterocycles. The highest BCUT2D eigenvalue weighted by atomic mass is 35.5. The third-order valence-corrected chi connectivity index (χ3v) is 11.2. The number of rotatable bonds is 4. The van der Waals surface area contributed by atoms with E-state index in [0.29, 0.717) is 10.0 Å².